The van der Waals surface area contributed by atoms with E-state index in [4.69, 9.17) is 9.47 Å². The van der Waals surface area contributed by atoms with Gasteiger partial charge >= 0.3 is 0 Å². The van der Waals surface area contributed by atoms with Crippen molar-refractivity contribution in [1.29, 1.82) is 0 Å². The molecule has 2 aliphatic carbocycles. The Morgan fingerprint density at radius 1 is 0.462 bits per heavy atom. The Bertz CT molecular complexity index is 3590. The van der Waals surface area contributed by atoms with Crippen LogP contribution in [0, 0.1) is 0 Å². The first-order valence-corrected chi connectivity index (χ1v) is 22.8. The third-order valence-electron chi connectivity index (χ3n) is 13.3. The molecule has 0 fully saturated rings. The van der Waals surface area contributed by atoms with Crippen LogP contribution in [-0.2, 0) is 5.41 Å². The normalized spacial score (nSPS) is 13.7. The zero-order chi connectivity index (χ0) is 43.1. The smallest absolute Gasteiger partial charge is 0.177 e. The first-order chi connectivity index (χ1) is 32.2. The zero-order valence-corrected chi connectivity index (χ0v) is 36.1. The molecule has 9 aromatic carbocycles. The van der Waals surface area contributed by atoms with Crippen molar-refractivity contribution in [1.82, 2.24) is 0 Å². The lowest BCUT2D eigenvalue weighted by Gasteiger charge is -2.29. The molecule has 4 heteroatoms. The van der Waals surface area contributed by atoms with Crippen LogP contribution < -0.4 is 14.4 Å². The second kappa shape index (κ2) is 14.7. The zero-order valence-electron chi connectivity index (χ0n) is 35.2. The predicted molar refractivity (Wildman–Crippen MR) is 271 cm³/mol. The van der Waals surface area contributed by atoms with Gasteiger partial charge in [0.15, 0.2) is 23.0 Å². The van der Waals surface area contributed by atoms with Crippen molar-refractivity contribution >= 4 is 54.1 Å². The highest BCUT2D eigenvalue weighted by molar-refractivity contribution is 7.26. The van der Waals surface area contributed by atoms with E-state index in [0.29, 0.717) is 23.0 Å². The summed E-state index contributed by atoms with van der Waals surface area (Å²) in [6, 6.07) is 71.7. The molecule has 13 rings (SSSR count). The number of nitrogens with zero attached hydrogens (tertiary/aromatic N) is 1. The third-order valence-corrected chi connectivity index (χ3v) is 14.5. The number of benzene rings is 9. The van der Waals surface area contributed by atoms with Gasteiger partial charge in [0.05, 0.1) is 5.41 Å². The van der Waals surface area contributed by atoms with Gasteiger partial charge in [-0.15, -0.1) is 11.3 Å². The Morgan fingerprint density at radius 2 is 1.11 bits per heavy atom. The van der Waals surface area contributed by atoms with E-state index in [1.54, 1.807) is 0 Å². The number of hydrogen-bond acceptors (Lipinski definition) is 4. The molecule has 306 valence electrons. The summed E-state index contributed by atoms with van der Waals surface area (Å²) in [6.45, 7) is 3.98. The molecule has 0 unspecified atom stereocenters. The van der Waals surface area contributed by atoms with Crippen LogP contribution in [0.25, 0.3) is 59.1 Å². The van der Waals surface area contributed by atoms with Crippen molar-refractivity contribution in [2.45, 2.75) is 5.41 Å². The Hall–Kier alpha value is -8.18. The first-order valence-electron chi connectivity index (χ1n) is 22.0. The lowest BCUT2D eigenvalue weighted by Crippen LogP contribution is -2.22. The lowest BCUT2D eigenvalue weighted by molar-refractivity contribution is 0.360. The van der Waals surface area contributed by atoms with Crippen LogP contribution in [0.4, 0.5) is 17.1 Å². The molecule has 3 nitrogen and oxygen atoms in total. The number of fused-ring (bicyclic) bond motifs is 12. The van der Waals surface area contributed by atoms with E-state index in [2.05, 4.69) is 212 Å². The standard InChI is InChI=1S/C61H39NO2S/c1-2-3-16-41-38-61(52-27-10-7-21-47(52)48-22-8-11-28-53(48)61)54-37-57-56(36-51(41)54)63-55-29-15-24-45(59(55)64-57)40-17-13-20-44(35-40)62(42-18-5-4-6-19-42)43-33-31-39(32-34-43)46-25-14-26-50-49-23-9-12-30-58(49)65-60(46)50/h2-38H,1H2/b16-3-. The van der Waals surface area contributed by atoms with Crippen molar-refractivity contribution in [3.63, 3.8) is 0 Å². The third kappa shape index (κ3) is 5.74. The summed E-state index contributed by atoms with van der Waals surface area (Å²) in [7, 11) is 0. The highest BCUT2D eigenvalue weighted by Crippen LogP contribution is 2.61. The predicted octanol–water partition coefficient (Wildman–Crippen LogP) is 17.2. The van der Waals surface area contributed by atoms with Crippen LogP contribution >= 0.6 is 11.3 Å². The fraction of sp³-hybridized carbons (Fsp3) is 0.0164. The summed E-state index contributed by atoms with van der Waals surface area (Å²) in [5.74, 6) is 2.77. The van der Waals surface area contributed by atoms with E-state index in [1.807, 2.05) is 35.6 Å². The highest BCUT2D eigenvalue weighted by Gasteiger charge is 2.48. The summed E-state index contributed by atoms with van der Waals surface area (Å²) < 4.78 is 16.5. The number of thiophene rings is 1. The average molecular weight is 850 g/mol. The summed E-state index contributed by atoms with van der Waals surface area (Å²) >= 11 is 1.86. The minimum atomic E-state index is -0.485. The van der Waals surface area contributed by atoms with Crippen molar-refractivity contribution in [3.8, 4) is 56.4 Å². The molecule has 0 saturated carbocycles. The first kappa shape index (κ1) is 37.4. The maximum Gasteiger partial charge on any atom is 0.177 e. The Balaban J connectivity index is 0.890. The quantitative estimate of drug-likeness (QED) is 0.149. The van der Waals surface area contributed by atoms with Crippen LogP contribution in [0.5, 0.6) is 23.0 Å². The van der Waals surface area contributed by atoms with Gasteiger partial charge in [-0.3, -0.25) is 0 Å². The minimum absolute atomic E-state index is 0.485. The molecule has 0 saturated heterocycles. The molecule has 0 amide bonds. The maximum atomic E-state index is 7.06. The molecular weight excluding hydrogens is 811 g/mol. The van der Waals surface area contributed by atoms with Gasteiger partial charge in [-0.1, -0.05) is 170 Å². The molecule has 0 N–H and O–H groups in total. The molecule has 0 bridgehead atoms. The van der Waals surface area contributed by atoms with Crippen molar-refractivity contribution in [2.24, 2.45) is 0 Å². The average Bonchev–Trinajstić information content (AvgIpc) is 4.00. The van der Waals surface area contributed by atoms with Crippen molar-refractivity contribution in [2.75, 3.05) is 4.90 Å². The fourth-order valence-corrected chi connectivity index (χ4v) is 11.7. The van der Waals surface area contributed by atoms with Crippen molar-refractivity contribution < 1.29 is 9.47 Å². The number of anilines is 3. The van der Waals surface area contributed by atoms with Crippen molar-refractivity contribution in [3.05, 3.63) is 253 Å². The van der Waals surface area contributed by atoms with E-state index < -0.39 is 5.41 Å². The van der Waals surface area contributed by atoms with Gasteiger partial charge in [0.2, 0.25) is 0 Å². The van der Waals surface area contributed by atoms with E-state index in [1.165, 1.54) is 59.1 Å². The SMILES string of the molecule is C=C/C=C\C1=CC2(c3cc4c(cc31)Oc1cccc(-c3cccc(N(c5ccccc5)c5ccc(-c6cccc7c6sc6ccccc67)cc5)c3)c1O4)c1ccccc1-c1ccccc12. The van der Waals surface area contributed by atoms with Gasteiger partial charge < -0.3 is 14.4 Å². The summed E-state index contributed by atoms with van der Waals surface area (Å²) in [5.41, 5.74) is 15.6. The molecule has 0 radical (unpaired) electrons. The molecule has 0 atom stereocenters. The number of ether oxygens (including phenoxy) is 2. The highest BCUT2D eigenvalue weighted by atomic mass is 32.1. The van der Waals surface area contributed by atoms with Gasteiger partial charge in [0.1, 0.15) is 0 Å². The van der Waals surface area contributed by atoms with Gasteiger partial charge in [-0.25, -0.2) is 0 Å². The number of allylic oxidation sites excluding steroid dienone is 5. The summed E-state index contributed by atoms with van der Waals surface area (Å²) in [4.78, 5) is 2.32. The molecule has 1 aliphatic heterocycles. The van der Waals surface area contributed by atoms with Crippen LogP contribution in [0.3, 0.4) is 0 Å². The second-order valence-corrected chi connectivity index (χ2v) is 17.9. The Kier molecular flexibility index (Phi) is 8.45. The molecule has 65 heavy (non-hydrogen) atoms. The maximum absolute atomic E-state index is 7.06. The molecule has 1 aromatic heterocycles. The second-order valence-electron chi connectivity index (χ2n) is 16.8. The Labute approximate surface area is 381 Å². The van der Waals surface area contributed by atoms with E-state index >= 15 is 0 Å². The van der Waals surface area contributed by atoms with Crippen LogP contribution in [0.1, 0.15) is 22.3 Å². The molecule has 10 aromatic rings. The van der Waals surface area contributed by atoms with Crippen LogP contribution in [-0.4, -0.2) is 0 Å². The van der Waals surface area contributed by atoms with Gasteiger partial charge in [-0.05, 0) is 116 Å². The topological polar surface area (TPSA) is 21.7 Å². The number of rotatable bonds is 7. The molecule has 3 aliphatic rings. The lowest BCUT2D eigenvalue weighted by atomic mass is 9.74. The largest absolute Gasteiger partial charge is 0.449 e. The van der Waals surface area contributed by atoms with Crippen LogP contribution in [0.2, 0.25) is 0 Å². The van der Waals surface area contributed by atoms with E-state index in [9.17, 15) is 0 Å². The molecule has 2 heterocycles. The van der Waals surface area contributed by atoms with E-state index in [-0.39, 0.29) is 0 Å². The van der Waals surface area contributed by atoms with Gasteiger partial charge in [-0.2, -0.15) is 0 Å². The van der Waals surface area contributed by atoms with Crippen LogP contribution in [0.15, 0.2) is 231 Å². The number of hydrogen-bond donors (Lipinski definition) is 0. The minimum Gasteiger partial charge on any atom is -0.449 e. The monoisotopic (exact) mass is 849 g/mol. The van der Waals surface area contributed by atoms with E-state index in [0.717, 1.165) is 39.3 Å². The molecular formula is C61H39NO2S. The number of para-hydroxylation sites is 2. The summed E-state index contributed by atoms with van der Waals surface area (Å²) in [5, 5.41) is 2.61. The Morgan fingerprint density at radius 3 is 1.92 bits per heavy atom. The summed E-state index contributed by atoms with van der Waals surface area (Å²) in [6.07, 6.45) is 8.40. The molecule has 1 spiro atoms. The fourth-order valence-electron chi connectivity index (χ4n) is 10.5. The van der Waals surface area contributed by atoms with Gasteiger partial charge in [0.25, 0.3) is 0 Å². The van der Waals surface area contributed by atoms with Gasteiger partial charge in [0, 0.05) is 42.8 Å².